The molecule has 15 heavy (non-hydrogen) atoms. The molecule has 0 radical (unpaired) electrons. The van der Waals surface area contributed by atoms with Crippen molar-refractivity contribution in [1.82, 2.24) is 4.90 Å². The van der Waals surface area contributed by atoms with E-state index in [1.54, 1.807) is 5.56 Å². The van der Waals surface area contributed by atoms with Crippen molar-refractivity contribution in [2.75, 3.05) is 20.1 Å². The number of rotatable bonds is 1. The maximum absolute atomic E-state index is 2.43. The number of piperidine rings is 1. The lowest BCUT2D eigenvalue weighted by Gasteiger charge is -2.30. The van der Waals surface area contributed by atoms with Crippen LogP contribution >= 0.6 is 0 Å². The van der Waals surface area contributed by atoms with Gasteiger partial charge in [-0.3, -0.25) is 0 Å². The van der Waals surface area contributed by atoms with Gasteiger partial charge in [-0.1, -0.05) is 23.8 Å². The Bertz CT molecular complexity index is 335. The minimum absolute atomic E-state index is 0.793. The zero-order valence-corrected chi connectivity index (χ0v) is 10.1. The first-order valence-electron chi connectivity index (χ1n) is 5.92. The second kappa shape index (κ2) is 4.36. The number of benzene rings is 1. The lowest BCUT2D eigenvalue weighted by molar-refractivity contribution is 0.255. The predicted octanol–water partition coefficient (Wildman–Crippen LogP) is 3.11. The Balaban J connectivity index is 2.15. The van der Waals surface area contributed by atoms with Crippen molar-refractivity contribution in [3.05, 3.63) is 34.9 Å². The highest BCUT2D eigenvalue weighted by Gasteiger charge is 2.19. The van der Waals surface area contributed by atoms with Crippen molar-refractivity contribution in [3.63, 3.8) is 0 Å². The third kappa shape index (κ3) is 2.40. The van der Waals surface area contributed by atoms with Crippen molar-refractivity contribution in [2.45, 2.75) is 32.6 Å². The molecule has 0 saturated carbocycles. The number of nitrogens with zero attached hydrogens (tertiary/aromatic N) is 1. The van der Waals surface area contributed by atoms with Gasteiger partial charge < -0.3 is 4.90 Å². The van der Waals surface area contributed by atoms with E-state index in [2.05, 4.69) is 44.0 Å². The Morgan fingerprint density at radius 2 is 1.80 bits per heavy atom. The fourth-order valence-electron chi connectivity index (χ4n) is 2.60. The normalized spacial score (nSPS) is 19.4. The lowest BCUT2D eigenvalue weighted by atomic mass is 9.86. The van der Waals surface area contributed by atoms with E-state index < -0.39 is 0 Å². The Hall–Kier alpha value is -0.820. The zero-order valence-electron chi connectivity index (χ0n) is 10.1. The molecule has 82 valence electrons. The van der Waals surface area contributed by atoms with Gasteiger partial charge >= 0.3 is 0 Å². The average molecular weight is 203 g/mol. The van der Waals surface area contributed by atoms with Crippen LogP contribution in [0, 0.1) is 13.8 Å². The smallest absolute Gasteiger partial charge is 0.00159 e. The molecule has 0 aromatic heterocycles. The summed E-state index contributed by atoms with van der Waals surface area (Å²) in [6, 6.07) is 6.90. The monoisotopic (exact) mass is 203 g/mol. The minimum Gasteiger partial charge on any atom is -0.306 e. The second-order valence-electron chi connectivity index (χ2n) is 4.94. The van der Waals surface area contributed by atoms with Crippen LogP contribution in [0.25, 0.3) is 0 Å². The molecule has 0 bridgehead atoms. The van der Waals surface area contributed by atoms with Gasteiger partial charge in [-0.15, -0.1) is 0 Å². The van der Waals surface area contributed by atoms with Crippen LogP contribution in [0.4, 0.5) is 0 Å². The molecule has 1 heteroatoms. The Morgan fingerprint density at radius 3 is 2.40 bits per heavy atom. The summed E-state index contributed by atoms with van der Waals surface area (Å²) in [5.74, 6) is 0.793. The molecule has 0 amide bonds. The number of hydrogen-bond acceptors (Lipinski definition) is 1. The summed E-state index contributed by atoms with van der Waals surface area (Å²) < 4.78 is 0. The van der Waals surface area contributed by atoms with Gasteiger partial charge in [0.05, 0.1) is 0 Å². The van der Waals surface area contributed by atoms with Crippen LogP contribution in [0.5, 0.6) is 0 Å². The third-order valence-corrected chi connectivity index (χ3v) is 3.58. The maximum Gasteiger partial charge on any atom is -0.00159 e. The highest BCUT2D eigenvalue weighted by Crippen LogP contribution is 2.29. The quantitative estimate of drug-likeness (QED) is 0.678. The molecule has 0 unspecified atom stereocenters. The molecule has 1 aliphatic rings. The Kier molecular flexibility index (Phi) is 3.11. The van der Waals surface area contributed by atoms with Crippen LogP contribution in [0.3, 0.4) is 0 Å². The van der Waals surface area contributed by atoms with Crippen molar-refractivity contribution >= 4 is 0 Å². The van der Waals surface area contributed by atoms with Gasteiger partial charge in [0.15, 0.2) is 0 Å². The van der Waals surface area contributed by atoms with Gasteiger partial charge in [-0.05, 0) is 63.9 Å². The highest BCUT2D eigenvalue weighted by molar-refractivity contribution is 5.33. The van der Waals surface area contributed by atoms with Gasteiger partial charge in [0.25, 0.3) is 0 Å². The van der Waals surface area contributed by atoms with Crippen LogP contribution in [0.1, 0.15) is 35.4 Å². The largest absolute Gasteiger partial charge is 0.306 e. The predicted molar refractivity (Wildman–Crippen MR) is 65.4 cm³/mol. The summed E-state index contributed by atoms with van der Waals surface area (Å²) >= 11 is 0. The summed E-state index contributed by atoms with van der Waals surface area (Å²) in [5, 5.41) is 0. The molecular formula is C14H21N. The van der Waals surface area contributed by atoms with E-state index in [0.717, 1.165) is 5.92 Å². The first-order chi connectivity index (χ1) is 7.16. The number of likely N-dealkylation sites (tertiary alicyclic amines) is 1. The molecule has 1 heterocycles. The topological polar surface area (TPSA) is 3.24 Å². The minimum atomic E-state index is 0.793. The summed E-state index contributed by atoms with van der Waals surface area (Å²) in [6.45, 7) is 6.92. The molecule has 1 saturated heterocycles. The molecule has 0 spiro atoms. The van der Waals surface area contributed by atoms with Crippen LogP contribution in [0.15, 0.2) is 18.2 Å². The molecule has 1 aromatic carbocycles. The number of aryl methyl sites for hydroxylation is 2. The first kappa shape index (κ1) is 10.7. The molecule has 1 aromatic rings. The van der Waals surface area contributed by atoms with E-state index in [-0.39, 0.29) is 0 Å². The third-order valence-electron chi connectivity index (χ3n) is 3.58. The molecule has 0 aliphatic carbocycles. The first-order valence-corrected chi connectivity index (χ1v) is 5.92. The van der Waals surface area contributed by atoms with E-state index in [9.17, 15) is 0 Å². The van der Waals surface area contributed by atoms with Gasteiger partial charge in [0.1, 0.15) is 0 Å². The molecule has 1 nitrogen and oxygen atoms in total. The van der Waals surface area contributed by atoms with Crippen LogP contribution in [-0.4, -0.2) is 25.0 Å². The van der Waals surface area contributed by atoms with Crippen LogP contribution in [0.2, 0.25) is 0 Å². The Morgan fingerprint density at radius 1 is 1.13 bits per heavy atom. The standard InChI is InChI=1S/C14H21N/c1-11-4-5-14(12(2)10-11)13-6-8-15(3)9-7-13/h4-5,10,13H,6-9H2,1-3H3. The summed E-state index contributed by atoms with van der Waals surface area (Å²) in [6.07, 6.45) is 2.64. The average Bonchev–Trinajstić information content (AvgIpc) is 2.20. The van der Waals surface area contributed by atoms with Crippen molar-refractivity contribution in [3.8, 4) is 0 Å². The molecule has 1 aliphatic heterocycles. The lowest BCUT2D eigenvalue weighted by Crippen LogP contribution is -2.29. The van der Waals surface area contributed by atoms with E-state index in [4.69, 9.17) is 0 Å². The maximum atomic E-state index is 2.43. The van der Waals surface area contributed by atoms with Gasteiger partial charge in [-0.2, -0.15) is 0 Å². The van der Waals surface area contributed by atoms with E-state index in [1.807, 2.05) is 0 Å². The summed E-state index contributed by atoms with van der Waals surface area (Å²) in [7, 11) is 2.22. The molecule has 0 atom stereocenters. The molecular weight excluding hydrogens is 182 g/mol. The van der Waals surface area contributed by atoms with Crippen molar-refractivity contribution in [1.29, 1.82) is 0 Å². The zero-order chi connectivity index (χ0) is 10.8. The SMILES string of the molecule is Cc1ccc(C2CCN(C)CC2)c(C)c1. The number of hydrogen-bond donors (Lipinski definition) is 0. The highest BCUT2D eigenvalue weighted by atomic mass is 15.1. The van der Waals surface area contributed by atoms with Crippen molar-refractivity contribution in [2.24, 2.45) is 0 Å². The molecule has 2 rings (SSSR count). The van der Waals surface area contributed by atoms with Gasteiger partial charge in [-0.25, -0.2) is 0 Å². The fraction of sp³-hybridized carbons (Fsp3) is 0.571. The molecule has 0 N–H and O–H groups in total. The van der Waals surface area contributed by atoms with Crippen molar-refractivity contribution < 1.29 is 0 Å². The van der Waals surface area contributed by atoms with E-state index >= 15 is 0 Å². The Labute approximate surface area is 93.1 Å². The van der Waals surface area contributed by atoms with E-state index in [0.29, 0.717) is 0 Å². The van der Waals surface area contributed by atoms with Crippen LogP contribution in [-0.2, 0) is 0 Å². The fourth-order valence-corrected chi connectivity index (χ4v) is 2.60. The van der Waals surface area contributed by atoms with Crippen LogP contribution < -0.4 is 0 Å². The van der Waals surface area contributed by atoms with Gasteiger partial charge in [0, 0.05) is 0 Å². The summed E-state index contributed by atoms with van der Waals surface area (Å²) in [4.78, 5) is 2.43. The second-order valence-corrected chi connectivity index (χ2v) is 4.94. The van der Waals surface area contributed by atoms with E-state index in [1.165, 1.54) is 37.1 Å². The summed E-state index contributed by atoms with van der Waals surface area (Å²) in [5.41, 5.74) is 4.43. The van der Waals surface area contributed by atoms with Gasteiger partial charge in [0.2, 0.25) is 0 Å². The molecule has 1 fully saturated rings.